The molecule has 15 heavy (non-hydrogen) atoms. The van der Waals surface area contributed by atoms with Crippen molar-refractivity contribution in [2.24, 2.45) is 12.8 Å². The van der Waals surface area contributed by atoms with Gasteiger partial charge in [0.1, 0.15) is 5.82 Å². The van der Waals surface area contributed by atoms with Crippen LogP contribution in [-0.4, -0.2) is 9.55 Å². The SMILES string of the molecule is Cn1ccnc1C(N)CC1=CCCCC1. The molecule has 1 heterocycles. The van der Waals surface area contributed by atoms with E-state index in [1.807, 2.05) is 24.0 Å². The van der Waals surface area contributed by atoms with Crippen LogP contribution in [0.4, 0.5) is 0 Å². The molecule has 0 spiro atoms. The molecule has 0 radical (unpaired) electrons. The van der Waals surface area contributed by atoms with E-state index in [4.69, 9.17) is 5.73 Å². The molecule has 0 saturated carbocycles. The topological polar surface area (TPSA) is 43.8 Å². The number of rotatable bonds is 3. The fourth-order valence-electron chi connectivity index (χ4n) is 2.20. The quantitative estimate of drug-likeness (QED) is 0.769. The first kappa shape index (κ1) is 10.4. The molecule has 3 nitrogen and oxygen atoms in total. The van der Waals surface area contributed by atoms with Crippen LogP contribution in [0.25, 0.3) is 0 Å². The first-order valence-electron chi connectivity index (χ1n) is 5.68. The van der Waals surface area contributed by atoms with E-state index in [0.29, 0.717) is 0 Å². The van der Waals surface area contributed by atoms with Crippen molar-refractivity contribution in [3.63, 3.8) is 0 Å². The largest absolute Gasteiger partial charge is 0.337 e. The minimum Gasteiger partial charge on any atom is -0.337 e. The molecule has 0 saturated heterocycles. The van der Waals surface area contributed by atoms with Gasteiger partial charge < -0.3 is 10.3 Å². The Balaban J connectivity index is 2.00. The first-order valence-corrected chi connectivity index (χ1v) is 5.68. The fraction of sp³-hybridized carbons (Fsp3) is 0.583. The molecular weight excluding hydrogens is 186 g/mol. The molecule has 2 rings (SSSR count). The van der Waals surface area contributed by atoms with Gasteiger partial charge in [-0.05, 0) is 32.1 Å². The van der Waals surface area contributed by atoms with Gasteiger partial charge in [-0.1, -0.05) is 11.6 Å². The predicted octanol–water partition coefficient (Wildman–Crippen LogP) is 2.31. The number of aryl methyl sites for hydroxylation is 1. The lowest BCUT2D eigenvalue weighted by Crippen LogP contribution is -2.16. The van der Waals surface area contributed by atoms with Gasteiger partial charge in [0.2, 0.25) is 0 Å². The number of hydrogen-bond acceptors (Lipinski definition) is 2. The second-order valence-electron chi connectivity index (χ2n) is 4.32. The van der Waals surface area contributed by atoms with Crippen LogP contribution in [0.1, 0.15) is 44.0 Å². The van der Waals surface area contributed by atoms with E-state index in [-0.39, 0.29) is 6.04 Å². The Labute approximate surface area is 91.0 Å². The molecule has 1 aliphatic rings. The standard InChI is InChI=1S/C12H19N3/c1-15-8-7-14-12(15)11(13)9-10-5-3-2-4-6-10/h5,7-8,11H,2-4,6,9,13H2,1H3. The molecule has 1 aromatic rings. The lowest BCUT2D eigenvalue weighted by atomic mass is 9.94. The summed E-state index contributed by atoms with van der Waals surface area (Å²) in [5.41, 5.74) is 7.66. The molecule has 1 unspecified atom stereocenters. The van der Waals surface area contributed by atoms with Gasteiger partial charge >= 0.3 is 0 Å². The molecule has 1 atom stereocenters. The highest BCUT2D eigenvalue weighted by molar-refractivity contribution is 5.10. The zero-order valence-corrected chi connectivity index (χ0v) is 9.32. The average Bonchev–Trinajstić information content (AvgIpc) is 2.66. The Kier molecular flexibility index (Phi) is 3.21. The van der Waals surface area contributed by atoms with Crippen LogP contribution in [0, 0.1) is 0 Å². The summed E-state index contributed by atoms with van der Waals surface area (Å²) in [5, 5.41) is 0. The van der Waals surface area contributed by atoms with Crippen LogP contribution in [0.5, 0.6) is 0 Å². The van der Waals surface area contributed by atoms with Crippen molar-refractivity contribution in [1.29, 1.82) is 0 Å². The maximum atomic E-state index is 6.15. The molecule has 1 aromatic heterocycles. The molecule has 0 aromatic carbocycles. The van der Waals surface area contributed by atoms with Crippen molar-refractivity contribution in [1.82, 2.24) is 9.55 Å². The van der Waals surface area contributed by atoms with Gasteiger partial charge in [-0.15, -0.1) is 0 Å². The van der Waals surface area contributed by atoms with Crippen LogP contribution in [0.2, 0.25) is 0 Å². The third-order valence-corrected chi connectivity index (χ3v) is 3.06. The zero-order valence-electron chi connectivity index (χ0n) is 9.32. The summed E-state index contributed by atoms with van der Waals surface area (Å²) in [6.45, 7) is 0. The molecule has 2 N–H and O–H groups in total. The molecule has 3 heteroatoms. The van der Waals surface area contributed by atoms with Crippen LogP contribution >= 0.6 is 0 Å². The molecule has 0 aliphatic heterocycles. The summed E-state index contributed by atoms with van der Waals surface area (Å²) in [4.78, 5) is 4.29. The van der Waals surface area contributed by atoms with Crippen LogP contribution < -0.4 is 5.73 Å². The van der Waals surface area contributed by atoms with Crippen molar-refractivity contribution in [3.8, 4) is 0 Å². The molecule has 1 aliphatic carbocycles. The smallest absolute Gasteiger partial charge is 0.125 e. The van der Waals surface area contributed by atoms with E-state index in [1.54, 1.807) is 0 Å². The summed E-state index contributed by atoms with van der Waals surface area (Å²) in [6, 6.07) is 0.0503. The average molecular weight is 205 g/mol. The third kappa shape index (κ3) is 2.48. The predicted molar refractivity (Wildman–Crippen MR) is 61.3 cm³/mol. The number of allylic oxidation sites excluding steroid dienone is 1. The van der Waals surface area contributed by atoms with E-state index in [2.05, 4.69) is 11.1 Å². The van der Waals surface area contributed by atoms with Gasteiger partial charge in [-0.2, -0.15) is 0 Å². The number of nitrogens with zero attached hydrogens (tertiary/aromatic N) is 2. The van der Waals surface area contributed by atoms with E-state index in [1.165, 1.54) is 31.3 Å². The number of hydrogen-bond donors (Lipinski definition) is 1. The van der Waals surface area contributed by atoms with Gasteiger partial charge in [0.25, 0.3) is 0 Å². The van der Waals surface area contributed by atoms with Crippen molar-refractivity contribution >= 4 is 0 Å². The third-order valence-electron chi connectivity index (χ3n) is 3.06. The number of nitrogens with two attached hydrogens (primary N) is 1. The highest BCUT2D eigenvalue weighted by atomic mass is 15.1. The van der Waals surface area contributed by atoms with E-state index in [9.17, 15) is 0 Å². The molecule has 82 valence electrons. The lowest BCUT2D eigenvalue weighted by Gasteiger charge is -2.17. The van der Waals surface area contributed by atoms with Gasteiger partial charge in [0, 0.05) is 19.4 Å². The summed E-state index contributed by atoms with van der Waals surface area (Å²) in [7, 11) is 2.00. The Morgan fingerprint density at radius 1 is 1.53 bits per heavy atom. The van der Waals surface area contributed by atoms with Gasteiger partial charge in [0.15, 0.2) is 0 Å². The minimum atomic E-state index is 0.0503. The summed E-state index contributed by atoms with van der Waals surface area (Å²) < 4.78 is 2.01. The van der Waals surface area contributed by atoms with Gasteiger partial charge in [-0.25, -0.2) is 4.98 Å². The highest BCUT2D eigenvalue weighted by Gasteiger charge is 2.13. The second-order valence-corrected chi connectivity index (χ2v) is 4.32. The Morgan fingerprint density at radius 2 is 2.40 bits per heavy atom. The van der Waals surface area contributed by atoms with E-state index >= 15 is 0 Å². The van der Waals surface area contributed by atoms with Crippen molar-refractivity contribution < 1.29 is 0 Å². The number of imidazole rings is 1. The van der Waals surface area contributed by atoms with Gasteiger partial charge in [0.05, 0.1) is 6.04 Å². The van der Waals surface area contributed by atoms with Gasteiger partial charge in [-0.3, -0.25) is 0 Å². The highest BCUT2D eigenvalue weighted by Crippen LogP contribution is 2.25. The van der Waals surface area contributed by atoms with Crippen LogP contribution in [0.15, 0.2) is 24.0 Å². The molecular formula is C12H19N3. The van der Waals surface area contributed by atoms with Crippen molar-refractivity contribution in [3.05, 3.63) is 29.9 Å². The lowest BCUT2D eigenvalue weighted by molar-refractivity contribution is 0.590. The van der Waals surface area contributed by atoms with Crippen molar-refractivity contribution in [2.75, 3.05) is 0 Å². The summed E-state index contributed by atoms with van der Waals surface area (Å²) in [6.07, 6.45) is 12.2. The second kappa shape index (κ2) is 4.62. The summed E-state index contributed by atoms with van der Waals surface area (Å²) in [5.74, 6) is 0.987. The molecule has 0 bridgehead atoms. The zero-order chi connectivity index (χ0) is 10.7. The van der Waals surface area contributed by atoms with Crippen molar-refractivity contribution in [2.45, 2.75) is 38.1 Å². The Hall–Kier alpha value is -1.09. The van der Waals surface area contributed by atoms with Crippen LogP contribution in [-0.2, 0) is 7.05 Å². The Bertz CT molecular complexity index is 352. The normalized spacial score (nSPS) is 18.7. The minimum absolute atomic E-state index is 0.0503. The maximum Gasteiger partial charge on any atom is 0.125 e. The van der Waals surface area contributed by atoms with E-state index < -0.39 is 0 Å². The maximum absolute atomic E-state index is 6.15. The number of aromatic nitrogens is 2. The first-order chi connectivity index (χ1) is 7.27. The fourth-order valence-corrected chi connectivity index (χ4v) is 2.20. The Morgan fingerprint density at radius 3 is 3.00 bits per heavy atom. The van der Waals surface area contributed by atoms with Crippen LogP contribution in [0.3, 0.4) is 0 Å². The molecule has 0 fully saturated rings. The van der Waals surface area contributed by atoms with E-state index in [0.717, 1.165) is 12.2 Å². The summed E-state index contributed by atoms with van der Waals surface area (Å²) >= 11 is 0. The monoisotopic (exact) mass is 205 g/mol. The molecule has 0 amide bonds.